The first-order valence-corrected chi connectivity index (χ1v) is 10.5. The molecule has 0 aromatic carbocycles. The average Bonchev–Trinajstić information content (AvgIpc) is 3.30. The smallest absolute Gasteiger partial charge is 0.307 e. The van der Waals surface area contributed by atoms with Crippen LogP contribution in [0.1, 0.15) is 31.4 Å². The maximum absolute atomic E-state index is 13.7. The second-order valence-electron chi connectivity index (χ2n) is 6.27. The van der Waals surface area contributed by atoms with Crippen LogP contribution in [0.15, 0.2) is 29.2 Å². The summed E-state index contributed by atoms with van der Waals surface area (Å²) in [4.78, 5) is 24.3. The fraction of sp³-hybridized carbons (Fsp3) is 0.211. The van der Waals surface area contributed by atoms with E-state index in [9.17, 15) is 35.9 Å². The first-order valence-electron chi connectivity index (χ1n) is 8.49. The lowest BCUT2D eigenvalue weighted by atomic mass is 10.1. The third kappa shape index (κ3) is 5.79. The van der Waals surface area contributed by atoms with E-state index < -0.39 is 48.4 Å². The number of nitrogens with zero attached hydrogens (tertiary/aromatic N) is 2. The van der Waals surface area contributed by atoms with Crippen molar-refractivity contribution in [2.24, 2.45) is 0 Å². The quantitative estimate of drug-likeness (QED) is 0.267. The minimum atomic E-state index is -4.59. The minimum Gasteiger partial charge on any atom is -0.307 e. The number of aromatic nitrogens is 2. The van der Waals surface area contributed by atoms with Gasteiger partial charge in [0.15, 0.2) is 17.3 Å². The fourth-order valence-electron chi connectivity index (χ4n) is 2.50. The lowest BCUT2D eigenvalue weighted by molar-refractivity contribution is -0.140. The van der Waals surface area contributed by atoms with Crippen LogP contribution >= 0.6 is 34.5 Å². The second kappa shape index (κ2) is 9.48. The van der Waals surface area contributed by atoms with Crippen molar-refractivity contribution in [3.05, 3.63) is 71.5 Å². The minimum absolute atomic E-state index is 0.00856. The highest BCUT2D eigenvalue weighted by molar-refractivity contribution is 7.18. The molecule has 4 nitrogen and oxygen atoms in total. The number of hydrogen-bond donors (Lipinski definition) is 0. The van der Waals surface area contributed by atoms with E-state index in [1.165, 1.54) is 6.07 Å². The van der Waals surface area contributed by atoms with Crippen LogP contribution in [0.25, 0.3) is 0 Å². The van der Waals surface area contributed by atoms with Gasteiger partial charge in [0, 0.05) is 12.6 Å². The van der Waals surface area contributed by atoms with Crippen molar-refractivity contribution in [3.8, 4) is 11.8 Å². The molecule has 0 aliphatic heterocycles. The Bertz CT molecular complexity index is 1280. The van der Waals surface area contributed by atoms with Crippen LogP contribution in [0, 0.1) is 17.7 Å². The Kier molecular flexibility index (Phi) is 7.12. The molecule has 0 spiro atoms. The summed E-state index contributed by atoms with van der Waals surface area (Å²) in [6, 6.07) is 2.90. The zero-order valence-corrected chi connectivity index (χ0v) is 17.9. The molecule has 0 aliphatic rings. The van der Waals surface area contributed by atoms with E-state index in [1.807, 2.05) is 0 Å². The molecule has 0 atom stereocenters. The van der Waals surface area contributed by atoms with Gasteiger partial charge in [0.05, 0.1) is 21.9 Å². The number of halogens is 7. The molecule has 32 heavy (non-hydrogen) atoms. The van der Waals surface area contributed by atoms with Gasteiger partial charge in [-0.1, -0.05) is 17.5 Å². The lowest BCUT2D eigenvalue weighted by Gasteiger charge is -2.08. The molecule has 0 fully saturated rings. The Morgan fingerprint density at radius 3 is 2.56 bits per heavy atom. The molecule has 0 radical (unpaired) electrons. The summed E-state index contributed by atoms with van der Waals surface area (Å²) in [5.41, 5.74) is -2.10. The van der Waals surface area contributed by atoms with Crippen molar-refractivity contribution < 1.29 is 31.1 Å². The van der Waals surface area contributed by atoms with Crippen LogP contribution in [0.2, 0.25) is 4.34 Å². The Morgan fingerprint density at radius 1 is 1.22 bits per heavy atom. The average molecular weight is 511 g/mol. The fourth-order valence-corrected chi connectivity index (χ4v) is 4.24. The van der Waals surface area contributed by atoms with Gasteiger partial charge in [-0.05, 0) is 41.2 Å². The molecular weight excluding hydrogens is 502 g/mol. The van der Waals surface area contributed by atoms with Gasteiger partial charge < -0.3 is 4.57 Å². The van der Waals surface area contributed by atoms with Gasteiger partial charge >= 0.3 is 6.18 Å². The van der Waals surface area contributed by atoms with Gasteiger partial charge in [-0.3, -0.25) is 9.59 Å². The molecule has 0 amide bonds. The third-order valence-corrected chi connectivity index (χ3v) is 5.99. The van der Waals surface area contributed by atoms with Crippen LogP contribution in [-0.2, 0) is 19.1 Å². The predicted octanol–water partition coefficient (Wildman–Crippen LogP) is 5.27. The van der Waals surface area contributed by atoms with Gasteiger partial charge in [-0.15, -0.1) is 11.3 Å². The molecule has 168 valence electrons. The van der Waals surface area contributed by atoms with Crippen LogP contribution in [0.3, 0.4) is 0 Å². The molecular formula is C19H9ClF6N2O2S2. The maximum atomic E-state index is 13.7. The number of ketones is 1. The molecule has 3 aromatic heterocycles. The Balaban J connectivity index is 1.79. The van der Waals surface area contributed by atoms with Crippen molar-refractivity contribution in [3.63, 3.8) is 0 Å². The zero-order valence-electron chi connectivity index (χ0n) is 15.5. The van der Waals surface area contributed by atoms with Crippen molar-refractivity contribution in [2.45, 2.75) is 25.6 Å². The van der Waals surface area contributed by atoms with E-state index in [2.05, 4.69) is 16.2 Å². The highest BCUT2D eigenvalue weighted by Gasteiger charge is 2.33. The number of rotatable bonds is 5. The molecule has 0 N–H and O–H groups in total. The molecule has 13 heteroatoms. The monoisotopic (exact) mass is 510 g/mol. The Hall–Kier alpha value is -2.62. The molecule has 0 saturated heterocycles. The van der Waals surface area contributed by atoms with E-state index in [0.29, 0.717) is 16.1 Å². The lowest BCUT2D eigenvalue weighted by Crippen LogP contribution is -2.26. The summed E-state index contributed by atoms with van der Waals surface area (Å²) < 4.78 is 80.5. The number of pyridine rings is 1. The second-order valence-corrected chi connectivity index (χ2v) is 8.73. The highest BCUT2D eigenvalue weighted by Crippen LogP contribution is 2.31. The summed E-state index contributed by atoms with van der Waals surface area (Å²) >= 11 is 7.45. The summed E-state index contributed by atoms with van der Waals surface area (Å²) in [6.45, 7) is -1.02. The van der Waals surface area contributed by atoms with E-state index in [1.54, 1.807) is 0 Å². The number of hydrogen-bond acceptors (Lipinski definition) is 5. The number of alkyl halides is 5. The highest BCUT2D eigenvalue weighted by atomic mass is 35.5. The van der Waals surface area contributed by atoms with Crippen LogP contribution in [0.5, 0.6) is 0 Å². The third-order valence-electron chi connectivity index (χ3n) is 3.88. The van der Waals surface area contributed by atoms with E-state index in [-0.39, 0.29) is 25.2 Å². The van der Waals surface area contributed by atoms with Crippen molar-refractivity contribution in [1.82, 2.24) is 8.94 Å². The summed E-state index contributed by atoms with van der Waals surface area (Å²) in [6.07, 6.45) is -6.89. The van der Waals surface area contributed by atoms with Gasteiger partial charge in [0.25, 0.3) is 12.0 Å². The summed E-state index contributed by atoms with van der Waals surface area (Å²) in [7, 11) is 0. The maximum Gasteiger partial charge on any atom is 0.434 e. The summed E-state index contributed by atoms with van der Waals surface area (Å²) in [5, 5.41) is 0. The van der Waals surface area contributed by atoms with Gasteiger partial charge in [-0.25, -0.2) is 13.2 Å². The van der Waals surface area contributed by atoms with Crippen molar-refractivity contribution in [1.29, 1.82) is 0 Å². The van der Waals surface area contributed by atoms with Crippen molar-refractivity contribution >= 4 is 40.3 Å². The van der Waals surface area contributed by atoms with Crippen LogP contribution in [-0.4, -0.2) is 21.1 Å². The SMILES string of the molecule is O=C(Cc1cc(F)c(=O)n(CC(F)F)c1)c1cc(C#Cc2cc(C(F)(F)F)ns2)c(Cl)s1. The van der Waals surface area contributed by atoms with Gasteiger partial charge in [0.2, 0.25) is 0 Å². The molecule has 0 unspecified atom stereocenters. The van der Waals surface area contributed by atoms with Crippen LogP contribution < -0.4 is 5.56 Å². The molecule has 0 bridgehead atoms. The molecule has 0 saturated carbocycles. The van der Waals surface area contributed by atoms with Crippen LogP contribution in [0.4, 0.5) is 26.3 Å². The molecule has 3 rings (SSSR count). The Labute approximate surface area is 189 Å². The Morgan fingerprint density at radius 2 is 1.94 bits per heavy atom. The number of Topliss-reactive ketones (excluding diaryl/α,β-unsaturated/α-hetero) is 1. The molecule has 0 aliphatic carbocycles. The van der Waals surface area contributed by atoms with Gasteiger partial charge in [0.1, 0.15) is 4.34 Å². The number of thiophene rings is 1. The van der Waals surface area contributed by atoms with Crippen molar-refractivity contribution in [2.75, 3.05) is 0 Å². The topological polar surface area (TPSA) is 52.0 Å². The predicted molar refractivity (Wildman–Crippen MR) is 107 cm³/mol. The number of carbonyl (C=O) groups excluding carboxylic acids is 1. The first-order chi connectivity index (χ1) is 14.9. The standard InChI is InChI=1S/C19H9ClF6N2O2S2/c20-17-10(1-2-11-6-15(27-32-11)19(24,25)26)5-14(31-17)13(29)4-9-3-12(21)18(30)28(7-9)8-16(22)23/h3,5-7,16H,4,8H2. The van der Waals surface area contributed by atoms with E-state index in [0.717, 1.165) is 29.7 Å². The first kappa shape index (κ1) is 24.0. The van der Waals surface area contributed by atoms with E-state index in [4.69, 9.17) is 11.6 Å². The zero-order chi connectivity index (χ0) is 23.6. The largest absolute Gasteiger partial charge is 0.434 e. The normalized spacial score (nSPS) is 11.5. The number of carbonyl (C=O) groups is 1. The molecule has 3 heterocycles. The van der Waals surface area contributed by atoms with Gasteiger partial charge in [-0.2, -0.15) is 17.5 Å². The van der Waals surface area contributed by atoms with E-state index >= 15 is 0 Å². The summed E-state index contributed by atoms with van der Waals surface area (Å²) in [5.74, 6) is 3.26. The molecule has 3 aromatic rings.